The molecule has 0 fully saturated rings. The molecule has 4 nitrogen and oxygen atoms in total. The van der Waals surface area contributed by atoms with Gasteiger partial charge in [0.15, 0.2) is 0 Å². The van der Waals surface area contributed by atoms with Crippen LogP contribution in [0.3, 0.4) is 0 Å². The SMILES string of the molecule is CCCC.O=S(=O)([O-])[O-].[Na+].[Na+]. The molecule has 0 bridgehead atoms. The maximum absolute atomic E-state index is 8.52. The molecule has 0 N–H and O–H groups in total. The minimum absolute atomic E-state index is 0. The molecule has 11 heavy (non-hydrogen) atoms. The first kappa shape index (κ1) is 23.0. The molecule has 0 unspecified atom stereocenters. The molecule has 0 aromatic rings. The molecule has 58 valence electrons. The molecule has 7 heteroatoms. The van der Waals surface area contributed by atoms with Gasteiger partial charge in [-0.05, 0) is 0 Å². The Kier molecular flexibility index (Phi) is 30.2. The summed E-state index contributed by atoms with van der Waals surface area (Å²) in [5, 5.41) is 0. The topological polar surface area (TPSA) is 80.3 Å². The molecule has 0 aliphatic carbocycles. The van der Waals surface area contributed by atoms with Crippen LogP contribution in [0.15, 0.2) is 0 Å². The van der Waals surface area contributed by atoms with Gasteiger partial charge in [0.25, 0.3) is 0 Å². The van der Waals surface area contributed by atoms with Crippen LogP contribution in [0.1, 0.15) is 26.7 Å². The third kappa shape index (κ3) is 140. The summed E-state index contributed by atoms with van der Waals surface area (Å²) in [5.41, 5.74) is 0. The van der Waals surface area contributed by atoms with Gasteiger partial charge >= 0.3 is 59.1 Å². The van der Waals surface area contributed by atoms with Crippen LogP contribution in [0.4, 0.5) is 0 Å². The van der Waals surface area contributed by atoms with E-state index in [1.807, 2.05) is 0 Å². The van der Waals surface area contributed by atoms with E-state index >= 15 is 0 Å². The van der Waals surface area contributed by atoms with Gasteiger partial charge in [0.05, 0.1) is 0 Å². The van der Waals surface area contributed by atoms with Crippen molar-refractivity contribution in [2.45, 2.75) is 26.7 Å². The van der Waals surface area contributed by atoms with Crippen molar-refractivity contribution in [3.63, 3.8) is 0 Å². The van der Waals surface area contributed by atoms with E-state index in [0.29, 0.717) is 0 Å². The zero-order valence-electron chi connectivity index (χ0n) is 7.46. The average Bonchev–Trinajstić information content (AvgIpc) is 1.61. The van der Waals surface area contributed by atoms with Gasteiger partial charge in [-0.1, -0.05) is 26.7 Å². The molecule has 0 aliphatic rings. The number of hydrogen-bond acceptors (Lipinski definition) is 4. The number of hydrogen-bond donors (Lipinski definition) is 0. The molecule has 0 rings (SSSR count). The molecule has 0 amide bonds. The largest absolute Gasteiger partial charge is 1.00 e. The van der Waals surface area contributed by atoms with Gasteiger partial charge < -0.3 is 9.11 Å². The fourth-order valence-corrected chi connectivity index (χ4v) is 0. The van der Waals surface area contributed by atoms with Crippen molar-refractivity contribution >= 4 is 10.4 Å². The Labute approximate surface area is 112 Å². The van der Waals surface area contributed by atoms with Crippen LogP contribution < -0.4 is 59.1 Å². The predicted octanol–water partition coefficient (Wildman–Crippen LogP) is -5.52. The maximum Gasteiger partial charge on any atom is 1.00 e. The molecule has 0 spiro atoms. The van der Waals surface area contributed by atoms with Crippen LogP contribution in [0.25, 0.3) is 0 Å². The summed E-state index contributed by atoms with van der Waals surface area (Å²) in [7, 11) is -5.17. The Morgan fingerprint density at radius 1 is 1.00 bits per heavy atom. The molecule has 0 aromatic carbocycles. The van der Waals surface area contributed by atoms with E-state index in [9.17, 15) is 0 Å². The smallest absolute Gasteiger partial charge is 0.759 e. The maximum atomic E-state index is 8.52. The van der Waals surface area contributed by atoms with Gasteiger partial charge in [-0.3, -0.25) is 8.42 Å². The second-order valence-corrected chi connectivity index (χ2v) is 2.22. The summed E-state index contributed by atoms with van der Waals surface area (Å²) in [6, 6.07) is 0. The minimum Gasteiger partial charge on any atom is -0.759 e. The molecule has 0 heterocycles. The summed E-state index contributed by atoms with van der Waals surface area (Å²) in [6.07, 6.45) is 2.64. The van der Waals surface area contributed by atoms with Crippen molar-refractivity contribution in [2.24, 2.45) is 0 Å². The first-order chi connectivity index (χ1) is 3.91. The molecule has 0 aliphatic heterocycles. The normalized spacial score (nSPS) is 8.00. The van der Waals surface area contributed by atoms with Gasteiger partial charge in [-0.25, -0.2) is 0 Å². The summed E-state index contributed by atoms with van der Waals surface area (Å²) in [4.78, 5) is 0. The van der Waals surface area contributed by atoms with Crippen molar-refractivity contribution in [1.29, 1.82) is 0 Å². The predicted molar refractivity (Wildman–Crippen MR) is 31.1 cm³/mol. The summed E-state index contributed by atoms with van der Waals surface area (Å²) < 4.78 is 34.1. The zero-order valence-corrected chi connectivity index (χ0v) is 12.3. The third-order valence-corrected chi connectivity index (χ3v) is 0.500. The standard InChI is InChI=1S/C4H10.2Na.H2O4S/c1-3-4-2;;;1-5(2,3)4/h3-4H2,1-2H3;;;(H2,1,2,3,4)/q;2*+1;/p-2. The quantitative estimate of drug-likeness (QED) is 0.240. The van der Waals surface area contributed by atoms with Crippen LogP contribution in [-0.2, 0) is 10.4 Å². The summed E-state index contributed by atoms with van der Waals surface area (Å²) >= 11 is 0. The Balaban J connectivity index is -0.0000000383. The Morgan fingerprint density at radius 2 is 1.09 bits per heavy atom. The molecule has 0 atom stereocenters. The van der Waals surface area contributed by atoms with E-state index in [1.54, 1.807) is 0 Å². The first-order valence-corrected chi connectivity index (χ1v) is 3.91. The average molecular weight is 200 g/mol. The van der Waals surface area contributed by atoms with E-state index < -0.39 is 10.4 Å². The first-order valence-electron chi connectivity index (χ1n) is 2.58. The minimum atomic E-state index is -5.17. The number of unbranched alkanes of at least 4 members (excludes halogenated alkanes) is 1. The van der Waals surface area contributed by atoms with Crippen molar-refractivity contribution in [3.8, 4) is 0 Å². The zero-order chi connectivity index (χ0) is 7.91. The van der Waals surface area contributed by atoms with Crippen molar-refractivity contribution in [1.82, 2.24) is 0 Å². The summed E-state index contributed by atoms with van der Waals surface area (Å²) in [6.45, 7) is 4.36. The van der Waals surface area contributed by atoms with Crippen LogP contribution in [-0.4, -0.2) is 17.5 Å². The van der Waals surface area contributed by atoms with E-state index in [1.165, 1.54) is 12.8 Å². The van der Waals surface area contributed by atoms with Crippen molar-refractivity contribution in [3.05, 3.63) is 0 Å². The third-order valence-electron chi connectivity index (χ3n) is 0.500. The molecule has 0 saturated carbocycles. The van der Waals surface area contributed by atoms with Gasteiger partial charge in [-0.2, -0.15) is 0 Å². The Bertz CT molecular complexity index is 123. The van der Waals surface area contributed by atoms with Gasteiger partial charge in [-0.15, -0.1) is 0 Å². The second kappa shape index (κ2) is 14.4. The van der Waals surface area contributed by atoms with Gasteiger partial charge in [0.1, 0.15) is 0 Å². The summed E-state index contributed by atoms with van der Waals surface area (Å²) in [5.74, 6) is 0. The molecular formula is C4H10Na2O4S. The van der Waals surface area contributed by atoms with E-state index in [0.717, 1.165) is 0 Å². The fourth-order valence-electron chi connectivity index (χ4n) is 0. The fraction of sp³-hybridized carbons (Fsp3) is 1.00. The molecular weight excluding hydrogens is 190 g/mol. The Hall–Kier alpha value is 1.87. The monoisotopic (exact) mass is 200 g/mol. The van der Waals surface area contributed by atoms with Gasteiger partial charge in [0, 0.05) is 10.4 Å². The van der Waals surface area contributed by atoms with E-state index in [2.05, 4.69) is 13.8 Å². The molecule has 0 aromatic heterocycles. The van der Waals surface area contributed by atoms with Crippen LogP contribution in [0, 0.1) is 0 Å². The molecule has 0 saturated heterocycles. The van der Waals surface area contributed by atoms with Crippen LogP contribution in [0.5, 0.6) is 0 Å². The van der Waals surface area contributed by atoms with Crippen LogP contribution >= 0.6 is 0 Å². The second-order valence-electron chi connectivity index (χ2n) is 1.41. The van der Waals surface area contributed by atoms with E-state index in [-0.39, 0.29) is 59.1 Å². The van der Waals surface area contributed by atoms with Crippen molar-refractivity contribution in [2.75, 3.05) is 0 Å². The number of rotatable bonds is 1. The van der Waals surface area contributed by atoms with E-state index in [4.69, 9.17) is 17.5 Å². The molecule has 0 radical (unpaired) electrons. The van der Waals surface area contributed by atoms with Crippen molar-refractivity contribution < 1.29 is 76.6 Å². The Morgan fingerprint density at radius 3 is 1.09 bits per heavy atom. The van der Waals surface area contributed by atoms with Crippen LogP contribution in [0.2, 0.25) is 0 Å². The van der Waals surface area contributed by atoms with Gasteiger partial charge in [0.2, 0.25) is 0 Å².